The van der Waals surface area contributed by atoms with E-state index in [0.717, 1.165) is 12.8 Å². The molecule has 0 aliphatic rings. The van der Waals surface area contributed by atoms with Gasteiger partial charge < -0.3 is 5.32 Å². The number of nitrogens with one attached hydrogen (secondary N) is 1. The number of carbonyl (C=O) groups is 1. The second kappa shape index (κ2) is 7.54. The van der Waals surface area contributed by atoms with Crippen molar-refractivity contribution >= 4 is 17.3 Å². The molecule has 120 valence electrons. The number of hydrogen-bond donors (Lipinski definition) is 1. The quantitative estimate of drug-likeness (QED) is 0.642. The lowest BCUT2D eigenvalue weighted by Crippen LogP contribution is -2.11. The molecule has 0 heterocycles. The first-order valence-electron chi connectivity index (χ1n) is 7.56. The smallest absolute Gasteiger partial charge is 0.272 e. The van der Waals surface area contributed by atoms with Gasteiger partial charge in [-0.05, 0) is 44.4 Å². The maximum atomic E-state index is 11.9. The molecule has 1 amide bonds. The lowest BCUT2D eigenvalue weighted by atomic mass is 10.1. The zero-order chi connectivity index (χ0) is 16.8. The standard InChI is InChI=1S/C18H20N2O3/c1-13-6-8-15(9-7-13)4-3-5-18(21)19-16-10-11-17(20(22)23)14(2)12-16/h6-12H,3-5H2,1-2H3,(H,19,21). The predicted octanol–water partition coefficient (Wildman–Crippen LogP) is 4.17. The van der Waals surface area contributed by atoms with Crippen LogP contribution in [0.15, 0.2) is 42.5 Å². The molecule has 2 aromatic rings. The minimum atomic E-state index is -0.428. The van der Waals surface area contributed by atoms with Crippen LogP contribution in [0.4, 0.5) is 11.4 Å². The van der Waals surface area contributed by atoms with Gasteiger partial charge in [0.2, 0.25) is 5.91 Å². The number of amides is 1. The fraction of sp³-hybridized carbons (Fsp3) is 0.278. The fourth-order valence-electron chi connectivity index (χ4n) is 2.37. The zero-order valence-corrected chi connectivity index (χ0v) is 13.3. The molecule has 0 saturated carbocycles. The normalized spacial score (nSPS) is 10.3. The third-order valence-electron chi connectivity index (χ3n) is 3.67. The zero-order valence-electron chi connectivity index (χ0n) is 13.3. The molecule has 1 N–H and O–H groups in total. The first kappa shape index (κ1) is 16.7. The summed E-state index contributed by atoms with van der Waals surface area (Å²) in [5.74, 6) is -0.0784. The number of nitro benzene ring substituents is 1. The van der Waals surface area contributed by atoms with Crippen molar-refractivity contribution in [2.45, 2.75) is 33.1 Å². The Kier molecular flexibility index (Phi) is 5.46. The van der Waals surface area contributed by atoms with Crippen LogP contribution in [-0.4, -0.2) is 10.8 Å². The summed E-state index contributed by atoms with van der Waals surface area (Å²) in [4.78, 5) is 22.3. The van der Waals surface area contributed by atoms with Gasteiger partial charge in [-0.2, -0.15) is 0 Å². The van der Waals surface area contributed by atoms with Crippen molar-refractivity contribution in [1.29, 1.82) is 0 Å². The van der Waals surface area contributed by atoms with E-state index in [-0.39, 0.29) is 11.6 Å². The largest absolute Gasteiger partial charge is 0.326 e. The van der Waals surface area contributed by atoms with Gasteiger partial charge in [0.1, 0.15) is 0 Å². The van der Waals surface area contributed by atoms with Crippen LogP contribution in [0, 0.1) is 24.0 Å². The Balaban J connectivity index is 1.84. The van der Waals surface area contributed by atoms with Crippen molar-refractivity contribution in [1.82, 2.24) is 0 Å². The van der Waals surface area contributed by atoms with E-state index in [2.05, 4.69) is 29.6 Å². The van der Waals surface area contributed by atoms with Crippen LogP contribution in [0.2, 0.25) is 0 Å². The molecule has 0 saturated heterocycles. The van der Waals surface area contributed by atoms with E-state index in [4.69, 9.17) is 0 Å². The molecular weight excluding hydrogens is 292 g/mol. The van der Waals surface area contributed by atoms with Gasteiger partial charge in [0.25, 0.3) is 5.69 Å². The van der Waals surface area contributed by atoms with Gasteiger partial charge in [0.15, 0.2) is 0 Å². The fourth-order valence-corrected chi connectivity index (χ4v) is 2.37. The molecule has 5 nitrogen and oxygen atoms in total. The van der Waals surface area contributed by atoms with Crippen LogP contribution >= 0.6 is 0 Å². The summed E-state index contributed by atoms with van der Waals surface area (Å²) in [6, 6.07) is 12.9. The van der Waals surface area contributed by atoms with Crippen LogP contribution in [0.25, 0.3) is 0 Å². The van der Waals surface area contributed by atoms with Crippen LogP contribution in [0.3, 0.4) is 0 Å². The molecular formula is C18H20N2O3. The first-order valence-corrected chi connectivity index (χ1v) is 7.56. The van der Waals surface area contributed by atoms with Gasteiger partial charge in [-0.3, -0.25) is 14.9 Å². The highest BCUT2D eigenvalue weighted by atomic mass is 16.6. The number of nitro groups is 1. The van der Waals surface area contributed by atoms with Gasteiger partial charge in [0.05, 0.1) is 4.92 Å². The number of carbonyl (C=O) groups excluding carboxylic acids is 1. The average molecular weight is 312 g/mol. The van der Waals surface area contributed by atoms with Crippen LogP contribution in [0.5, 0.6) is 0 Å². The van der Waals surface area contributed by atoms with E-state index in [9.17, 15) is 14.9 Å². The van der Waals surface area contributed by atoms with Gasteiger partial charge >= 0.3 is 0 Å². The Bertz CT molecular complexity index is 709. The summed E-state index contributed by atoms with van der Waals surface area (Å²) in [5, 5.41) is 13.6. The number of nitrogens with zero attached hydrogens (tertiary/aromatic N) is 1. The minimum absolute atomic E-state index is 0.0578. The molecule has 2 rings (SSSR count). The monoisotopic (exact) mass is 312 g/mol. The lowest BCUT2D eigenvalue weighted by molar-refractivity contribution is -0.385. The maximum Gasteiger partial charge on any atom is 0.272 e. The van der Waals surface area contributed by atoms with E-state index in [1.165, 1.54) is 17.2 Å². The number of benzene rings is 2. The molecule has 2 aromatic carbocycles. The Morgan fingerprint density at radius 1 is 1.13 bits per heavy atom. The highest BCUT2D eigenvalue weighted by Crippen LogP contribution is 2.21. The second-order valence-electron chi connectivity index (χ2n) is 5.65. The number of aryl methyl sites for hydroxylation is 3. The van der Waals surface area contributed by atoms with Crippen LogP contribution in [-0.2, 0) is 11.2 Å². The van der Waals surface area contributed by atoms with Gasteiger partial charge in [-0.1, -0.05) is 29.8 Å². The molecule has 0 aliphatic carbocycles. The van der Waals surface area contributed by atoms with E-state index in [1.54, 1.807) is 19.1 Å². The number of hydrogen-bond acceptors (Lipinski definition) is 3. The van der Waals surface area contributed by atoms with Crippen LogP contribution < -0.4 is 5.32 Å². The van der Waals surface area contributed by atoms with Crippen molar-refractivity contribution in [3.05, 3.63) is 69.3 Å². The lowest BCUT2D eigenvalue weighted by Gasteiger charge is -2.07. The minimum Gasteiger partial charge on any atom is -0.326 e. The highest BCUT2D eigenvalue weighted by Gasteiger charge is 2.11. The second-order valence-corrected chi connectivity index (χ2v) is 5.65. The molecule has 0 radical (unpaired) electrons. The molecule has 0 aliphatic heterocycles. The topological polar surface area (TPSA) is 72.2 Å². The number of anilines is 1. The van der Waals surface area contributed by atoms with Crippen molar-refractivity contribution in [3.8, 4) is 0 Å². The summed E-state index contributed by atoms with van der Waals surface area (Å²) >= 11 is 0. The van der Waals surface area contributed by atoms with Gasteiger partial charge in [-0.15, -0.1) is 0 Å². The first-order chi connectivity index (χ1) is 11.0. The van der Waals surface area contributed by atoms with E-state index in [0.29, 0.717) is 17.7 Å². The summed E-state index contributed by atoms with van der Waals surface area (Å²) in [6.07, 6.45) is 2.04. The van der Waals surface area contributed by atoms with Crippen molar-refractivity contribution in [3.63, 3.8) is 0 Å². The van der Waals surface area contributed by atoms with E-state index >= 15 is 0 Å². The predicted molar refractivity (Wildman–Crippen MR) is 90.6 cm³/mol. The SMILES string of the molecule is Cc1ccc(CCCC(=O)Nc2ccc([N+](=O)[O-])c(C)c2)cc1. The van der Waals surface area contributed by atoms with Crippen molar-refractivity contribution in [2.24, 2.45) is 0 Å². The summed E-state index contributed by atoms with van der Waals surface area (Å²) in [5.41, 5.74) is 3.62. The van der Waals surface area contributed by atoms with Crippen LogP contribution in [0.1, 0.15) is 29.5 Å². The Labute approximate surface area is 135 Å². The molecule has 0 aromatic heterocycles. The maximum absolute atomic E-state index is 11.9. The Morgan fingerprint density at radius 2 is 1.83 bits per heavy atom. The molecule has 0 atom stereocenters. The molecule has 0 fully saturated rings. The summed E-state index contributed by atoms with van der Waals surface area (Å²) in [6.45, 7) is 3.70. The van der Waals surface area contributed by atoms with Crippen molar-refractivity contribution < 1.29 is 9.72 Å². The van der Waals surface area contributed by atoms with E-state index in [1.807, 2.05) is 6.92 Å². The molecule has 0 unspecified atom stereocenters. The average Bonchev–Trinajstić information content (AvgIpc) is 2.49. The molecule has 5 heteroatoms. The third-order valence-corrected chi connectivity index (χ3v) is 3.67. The van der Waals surface area contributed by atoms with Gasteiger partial charge in [-0.25, -0.2) is 0 Å². The highest BCUT2D eigenvalue weighted by molar-refractivity contribution is 5.90. The Morgan fingerprint density at radius 3 is 2.43 bits per heavy atom. The van der Waals surface area contributed by atoms with Crippen molar-refractivity contribution in [2.75, 3.05) is 5.32 Å². The molecule has 23 heavy (non-hydrogen) atoms. The van der Waals surface area contributed by atoms with Gasteiger partial charge in [0, 0.05) is 23.7 Å². The Hall–Kier alpha value is -2.69. The summed E-state index contributed by atoms with van der Waals surface area (Å²) in [7, 11) is 0. The summed E-state index contributed by atoms with van der Waals surface area (Å²) < 4.78 is 0. The third kappa shape index (κ3) is 4.92. The molecule has 0 bridgehead atoms. The molecule has 0 spiro atoms. The number of rotatable bonds is 6. The van der Waals surface area contributed by atoms with E-state index < -0.39 is 4.92 Å².